The number of nitrogens with zero attached hydrogens (tertiary/aromatic N) is 2. The summed E-state index contributed by atoms with van der Waals surface area (Å²) >= 11 is 0. The largest absolute Gasteiger partial charge is 0.497 e. The second-order valence-electron chi connectivity index (χ2n) is 6.20. The van der Waals surface area contributed by atoms with Gasteiger partial charge in [-0.2, -0.15) is 5.26 Å². The van der Waals surface area contributed by atoms with Crippen LogP contribution in [0.1, 0.15) is 28.4 Å². The Morgan fingerprint density at radius 1 is 1.10 bits per heavy atom. The first-order chi connectivity index (χ1) is 14.7. The quantitative estimate of drug-likeness (QED) is 0.665. The lowest BCUT2D eigenvalue weighted by atomic mass is 10.0. The number of aromatic nitrogens is 1. The summed E-state index contributed by atoms with van der Waals surface area (Å²) in [5, 5.41) is 11.7. The normalized spacial score (nSPS) is 14.0. The van der Waals surface area contributed by atoms with Crippen LogP contribution in [0.4, 0.5) is 4.79 Å². The number of benzene rings is 2. The number of pyridine rings is 1. The molecule has 1 aromatic heterocycles. The van der Waals surface area contributed by atoms with Crippen LogP contribution in [-0.2, 0) is 4.74 Å². The predicted octanol–water partition coefficient (Wildman–Crippen LogP) is 3.83. The second kappa shape index (κ2) is 10.3. The fourth-order valence-electron chi connectivity index (χ4n) is 2.69. The van der Waals surface area contributed by atoms with Gasteiger partial charge >= 0.3 is 6.09 Å². The van der Waals surface area contributed by atoms with E-state index in [0.717, 1.165) is 16.9 Å². The Balaban J connectivity index is 0.000000269. The van der Waals surface area contributed by atoms with Crippen molar-refractivity contribution in [3.8, 4) is 23.7 Å². The molecule has 2 aromatic carbocycles. The molecule has 3 aromatic rings. The van der Waals surface area contributed by atoms with Crippen LogP contribution in [-0.4, -0.2) is 24.8 Å². The molecule has 1 atom stereocenters. The molecule has 1 amide bonds. The summed E-state index contributed by atoms with van der Waals surface area (Å²) in [5.74, 6) is 6.88. The number of nitriles is 1. The monoisotopic (exact) mass is 397 g/mol. The minimum atomic E-state index is -0.407. The van der Waals surface area contributed by atoms with Gasteiger partial charge in [-0.15, -0.1) is 0 Å². The summed E-state index contributed by atoms with van der Waals surface area (Å²) in [7, 11) is 1.66. The second-order valence-corrected chi connectivity index (χ2v) is 6.20. The third-order valence-corrected chi connectivity index (χ3v) is 4.20. The zero-order chi connectivity index (χ0) is 21.2. The number of rotatable bonds is 2. The van der Waals surface area contributed by atoms with Crippen molar-refractivity contribution < 1.29 is 14.3 Å². The molecule has 1 fully saturated rings. The number of carbonyl (C=O) groups excluding carboxylic acids is 1. The minimum absolute atomic E-state index is 0.151. The van der Waals surface area contributed by atoms with Gasteiger partial charge in [0.05, 0.1) is 18.7 Å². The maximum Gasteiger partial charge on any atom is 0.407 e. The van der Waals surface area contributed by atoms with E-state index < -0.39 is 6.09 Å². The first-order valence-corrected chi connectivity index (χ1v) is 9.19. The average Bonchev–Trinajstić information content (AvgIpc) is 3.25. The Morgan fingerprint density at radius 2 is 1.93 bits per heavy atom. The smallest absolute Gasteiger partial charge is 0.407 e. The Hall–Kier alpha value is -4.29. The van der Waals surface area contributed by atoms with E-state index in [1.165, 1.54) is 0 Å². The minimum Gasteiger partial charge on any atom is -0.497 e. The van der Waals surface area contributed by atoms with E-state index in [4.69, 9.17) is 14.7 Å². The zero-order valence-corrected chi connectivity index (χ0v) is 16.3. The molecule has 2 heterocycles. The molecular weight excluding hydrogens is 378 g/mol. The Morgan fingerprint density at radius 3 is 2.60 bits per heavy atom. The molecule has 148 valence electrons. The third kappa shape index (κ3) is 5.60. The van der Waals surface area contributed by atoms with Crippen LogP contribution in [0, 0.1) is 23.2 Å². The van der Waals surface area contributed by atoms with E-state index in [1.807, 2.05) is 60.7 Å². The molecule has 6 heteroatoms. The highest BCUT2D eigenvalue weighted by atomic mass is 16.6. The lowest BCUT2D eigenvalue weighted by molar-refractivity contribution is 0.177. The van der Waals surface area contributed by atoms with Crippen LogP contribution in [0.5, 0.6) is 5.75 Å². The molecular formula is C24H19N3O3. The van der Waals surface area contributed by atoms with Crippen LogP contribution < -0.4 is 10.1 Å². The topological polar surface area (TPSA) is 84.2 Å². The summed E-state index contributed by atoms with van der Waals surface area (Å²) in [6, 6.07) is 22.6. The van der Waals surface area contributed by atoms with Crippen molar-refractivity contribution in [2.24, 2.45) is 0 Å². The number of ether oxygens (including phenoxy) is 2. The number of amides is 1. The lowest BCUT2D eigenvalue weighted by Gasteiger charge is -2.07. The van der Waals surface area contributed by atoms with E-state index in [0.29, 0.717) is 17.9 Å². The molecule has 0 aliphatic carbocycles. The summed E-state index contributed by atoms with van der Waals surface area (Å²) in [6.45, 7) is 0.316. The molecule has 0 bridgehead atoms. The van der Waals surface area contributed by atoms with Gasteiger partial charge in [0.25, 0.3) is 0 Å². The molecule has 0 spiro atoms. The number of cyclic esters (lactones) is 1. The molecule has 1 aliphatic heterocycles. The van der Waals surface area contributed by atoms with Gasteiger partial charge in [-0.25, -0.2) is 9.78 Å². The summed E-state index contributed by atoms with van der Waals surface area (Å²) < 4.78 is 9.80. The third-order valence-electron chi connectivity index (χ3n) is 4.20. The standard InChI is InChI=1S/C17H11N3O2.C7H8O/c18-10-15-13(5-2-8-19-15)7-6-12-3-1-4-14(9-12)16-11-22-17(21)20-16;1-8-7-5-3-2-4-6-7/h1-5,8-9,16H,11H2,(H,20,21);2-6H,1H3/t16-;/m0./s1. The molecule has 0 saturated carbocycles. The number of para-hydroxylation sites is 1. The van der Waals surface area contributed by atoms with Crippen molar-refractivity contribution >= 4 is 6.09 Å². The SMILES string of the molecule is COc1ccccc1.N#Cc1ncccc1C#Cc1cccc([C@@H]2COC(=O)N2)c1. The van der Waals surface area contributed by atoms with Gasteiger partial charge in [0, 0.05) is 11.8 Å². The van der Waals surface area contributed by atoms with E-state index in [-0.39, 0.29) is 6.04 Å². The molecule has 0 unspecified atom stereocenters. The Labute approximate surface area is 175 Å². The molecule has 1 N–H and O–H groups in total. The highest BCUT2D eigenvalue weighted by Crippen LogP contribution is 2.19. The van der Waals surface area contributed by atoms with Crippen molar-refractivity contribution in [1.29, 1.82) is 5.26 Å². The van der Waals surface area contributed by atoms with Gasteiger partial charge in [0.15, 0.2) is 5.69 Å². The maximum absolute atomic E-state index is 11.1. The van der Waals surface area contributed by atoms with Crippen molar-refractivity contribution in [2.45, 2.75) is 6.04 Å². The molecule has 1 saturated heterocycles. The van der Waals surface area contributed by atoms with Crippen molar-refractivity contribution in [1.82, 2.24) is 10.3 Å². The number of methoxy groups -OCH3 is 1. The van der Waals surface area contributed by atoms with E-state index in [1.54, 1.807) is 25.4 Å². The fourth-order valence-corrected chi connectivity index (χ4v) is 2.69. The van der Waals surface area contributed by atoms with Gasteiger partial charge in [-0.1, -0.05) is 42.2 Å². The molecule has 1 aliphatic rings. The van der Waals surface area contributed by atoms with Gasteiger partial charge in [-0.3, -0.25) is 0 Å². The lowest BCUT2D eigenvalue weighted by Crippen LogP contribution is -2.18. The van der Waals surface area contributed by atoms with Crippen molar-refractivity contribution in [3.63, 3.8) is 0 Å². The van der Waals surface area contributed by atoms with Crippen LogP contribution >= 0.6 is 0 Å². The fraction of sp³-hybridized carbons (Fsp3) is 0.125. The van der Waals surface area contributed by atoms with Crippen LogP contribution in [0.2, 0.25) is 0 Å². The highest BCUT2D eigenvalue weighted by molar-refractivity contribution is 5.70. The zero-order valence-electron chi connectivity index (χ0n) is 16.3. The van der Waals surface area contributed by atoms with Crippen LogP contribution in [0.15, 0.2) is 72.9 Å². The highest BCUT2D eigenvalue weighted by Gasteiger charge is 2.23. The van der Waals surface area contributed by atoms with E-state index in [2.05, 4.69) is 22.1 Å². The van der Waals surface area contributed by atoms with Crippen molar-refractivity contribution in [3.05, 3.63) is 95.3 Å². The van der Waals surface area contributed by atoms with E-state index >= 15 is 0 Å². The molecule has 0 radical (unpaired) electrons. The number of nitrogens with one attached hydrogen (secondary N) is 1. The molecule has 6 nitrogen and oxygen atoms in total. The number of hydrogen-bond donors (Lipinski definition) is 1. The molecule has 4 rings (SSSR count). The number of alkyl carbamates (subject to hydrolysis) is 1. The summed E-state index contributed by atoms with van der Waals surface area (Å²) in [5.41, 5.74) is 2.63. The van der Waals surface area contributed by atoms with Crippen LogP contribution in [0.3, 0.4) is 0 Å². The van der Waals surface area contributed by atoms with Crippen molar-refractivity contribution in [2.75, 3.05) is 13.7 Å². The first kappa shape index (κ1) is 20.4. The predicted molar refractivity (Wildman–Crippen MR) is 112 cm³/mol. The first-order valence-electron chi connectivity index (χ1n) is 9.19. The maximum atomic E-state index is 11.1. The van der Waals surface area contributed by atoms with Gasteiger partial charge < -0.3 is 14.8 Å². The number of carbonyl (C=O) groups is 1. The van der Waals surface area contributed by atoms with Gasteiger partial charge in [-0.05, 0) is 42.0 Å². The van der Waals surface area contributed by atoms with E-state index in [9.17, 15) is 4.79 Å². The van der Waals surface area contributed by atoms with Gasteiger partial charge in [0.1, 0.15) is 18.4 Å². The summed E-state index contributed by atoms with van der Waals surface area (Å²) in [4.78, 5) is 15.1. The Bertz CT molecular complexity index is 1110. The number of hydrogen-bond acceptors (Lipinski definition) is 5. The van der Waals surface area contributed by atoms with Crippen LogP contribution in [0.25, 0.3) is 0 Å². The van der Waals surface area contributed by atoms with Gasteiger partial charge in [0.2, 0.25) is 0 Å². The average molecular weight is 397 g/mol. The summed E-state index contributed by atoms with van der Waals surface area (Å²) in [6.07, 6.45) is 1.16. The Kier molecular flexibility index (Phi) is 7.02. The molecule has 30 heavy (non-hydrogen) atoms.